The van der Waals surface area contributed by atoms with Gasteiger partial charge in [-0.1, -0.05) is 251 Å². The van der Waals surface area contributed by atoms with E-state index in [-0.39, 0.29) is 19.1 Å². The minimum absolute atomic E-state index is 0.111. The zero-order chi connectivity index (χ0) is 52.3. The number of amides is 1. The molecule has 5 N–H and O–H groups in total. The molecule has 0 spiro atoms. The highest BCUT2D eigenvalue weighted by Gasteiger charge is 2.45. The molecule has 13 nitrogen and oxygen atoms in total. The summed E-state index contributed by atoms with van der Waals surface area (Å²) in [6.45, 7) is 3.91. The molecule has 14 heteroatoms. The average Bonchev–Trinajstić information content (AvgIpc) is 3.33. The predicted octanol–water partition coefficient (Wildman–Crippen LogP) is 12.5. The molecule has 1 amide bonds. The van der Waals surface area contributed by atoms with E-state index in [0.717, 1.165) is 44.9 Å². The van der Waals surface area contributed by atoms with Crippen molar-refractivity contribution in [2.75, 3.05) is 47.5 Å². The molecule has 1 rings (SSSR count). The topological polar surface area (TPSA) is 187 Å². The van der Waals surface area contributed by atoms with E-state index in [9.17, 15) is 34.7 Å². The molecule has 1 aliphatic heterocycles. The van der Waals surface area contributed by atoms with Gasteiger partial charge in [-0.2, -0.15) is 0 Å². The number of rotatable bonds is 52. The number of phosphoric acid groups is 1. The number of carbonyl (C=O) groups excluding carboxylic acids is 1. The molecule has 0 aromatic heterocycles. The maximum Gasteiger partial charge on any atom is 0.268 e. The summed E-state index contributed by atoms with van der Waals surface area (Å²) in [6.07, 6.45) is 40.4. The van der Waals surface area contributed by atoms with Gasteiger partial charge in [0.25, 0.3) is 7.82 Å². The predicted molar refractivity (Wildman–Crippen MR) is 289 cm³/mol. The highest BCUT2D eigenvalue weighted by Crippen LogP contribution is 2.39. The van der Waals surface area contributed by atoms with Gasteiger partial charge in [-0.15, -0.1) is 0 Å². The molecule has 1 saturated heterocycles. The largest absolute Gasteiger partial charge is 0.756 e. The minimum atomic E-state index is -4.77. The van der Waals surface area contributed by atoms with Crippen LogP contribution in [0.2, 0.25) is 0 Å². The van der Waals surface area contributed by atoms with Crippen LogP contribution in [-0.4, -0.2) is 121 Å². The molecule has 424 valence electrons. The molecule has 1 aliphatic rings. The molecule has 8 atom stereocenters. The van der Waals surface area contributed by atoms with Gasteiger partial charge in [-0.25, -0.2) is 0 Å². The van der Waals surface area contributed by atoms with Crippen LogP contribution in [0.5, 0.6) is 0 Å². The number of aliphatic hydroxyl groups is 4. The second-order valence-electron chi connectivity index (χ2n) is 22.4. The third kappa shape index (κ3) is 40.3. The number of aliphatic hydroxyl groups excluding tert-OH is 4. The Morgan fingerprint density at radius 1 is 0.563 bits per heavy atom. The van der Waals surface area contributed by atoms with Crippen molar-refractivity contribution in [2.24, 2.45) is 0 Å². The van der Waals surface area contributed by atoms with Crippen molar-refractivity contribution in [1.29, 1.82) is 0 Å². The molecule has 1 fully saturated rings. The Morgan fingerprint density at radius 2 is 0.930 bits per heavy atom. The zero-order valence-electron chi connectivity index (χ0n) is 46.7. The highest BCUT2D eigenvalue weighted by atomic mass is 31.2. The Kier molecular flexibility index (Phi) is 43.8. The third-order valence-electron chi connectivity index (χ3n) is 14.4. The van der Waals surface area contributed by atoms with E-state index >= 15 is 0 Å². The fourth-order valence-electron chi connectivity index (χ4n) is 9.54. The summed E-state index contributed by atoms with van der Waals surface area (Å²) in [5.74, 6) is -0.193. The van der Waals surface area contributed by atoms with Gasteiger partial charge >= 0.3 is 0 Å². The Bertz CT molecular complexity index is 1240. The standard InChI is InChI=1S/C57H115N2O11P/c1-6-8-10-12-14-16-18-20-22-24-25-26-27-29-31-33-35-37-39-41-43-45-53(61)58-50(51(60)44-42-40-38-36-34-32-30-28-23-21-19-17-15-13-11-9-7-2)48-67-57-56(64)55(63)54(62)52(70-57)49-69-71(65,66)68-47-46-59(3,4)5/h50-52,54-57,60,62-64H,6-49H2,1-5H3,(H-,58,61,65,66)/t50-,51+,52+,54-,55-,56+,57+/m0/s1. The SMILES string of the molecule is CCCCCCCCCCCCCCCCCCCCCCCC(=O)N[C@@H](CO[C@@H]1O[C@H](COP(=O)([O-])OCC[N+](C)(C)C)[C@H](O)[C@H](O)[C@H]1O)[C@H](O)CCCCCCCCCCCCCCCCCCC. The maximum atomic E-state index is 13.2. The number of nitrogens with zero attached hydrogens (tertiary/aromatic N) is 1. The second kappa shape index (κ2) is 45.5. The lowest BCUT2D eigenvalue weighted by Gasteiger charge is -2.41. The number of phosphoric ester groups is 1. The van der Waals surface area contributed by atoms with E-state index in [1.807, 2.05) is 21.1 Å². The Morgan fingerprint density at radius 3 is 1.31 bits per heavy atom. The van der Waals surface area contributed by atoms with Crippen LogP contribution >= 0.6 is 7.82 Å². The first-order valence-electron chi connectivity index (χ1n) is 29.9. The molecular formula is C57H115N2O11P. The summed E-state index contributed by atoms with van der Waals surface area (Å²) in [4.78, 5) is 25.7. The molecule has 1 unspecified atom stereocenters. The fourth-order valence-corrected chi connectivity index (χ4v) is 10.3. The van der Waals surface area contributed by atoms with Crippen LogP contribution in [0, 0.1) is 0 Å². The number of likely N-dealkylation sites (N-methyl/N-ethyl adjacent to an activating group) is 1. The molecule has 0 saturated carbocycles. The zero-order valence-corrected chi connectivity index (χ0v) is 47.6. The Labute approximate surface area is 436 Å². The first-order chi connectivity index (χ1) is 34.2. The fraction of sp³-hybridized carbons (Fsp3) is 0.982. The molecule has 0 aromatic rings. The summed E-state index contributed by atoms with van der Waals surface area (Å²) in [5, 5.41) is 46.4. The monoisotopic (exact) mass is 1030 g/mol. The van der Waals surface area contributed by atoms with Crippen LogP contribution in [0.15, 0.2) is 0 Å². The number of hydrogen-bond donors (Lipinski definition) is 5. The summed E-state index contributed by atoms with van der Waals surface area (Å²) >= 11 is 0. The number of hydrogen-bond acceptors (Lipinski definition) is 11. The van der Waals surface area contributed by atoms with Crippen LogP contribution < -0.4 is 10.2 Å². The molecule has 0 aliphatic carbocycles. The van der Waals surface area contributed by atoms with E-state index in [1.165, 1.54) is 199 Å². The van der Waals surface area contributed by atoms with E-state index in [2.05, 4.69) is 19.2 Å². The van der Waals surface area contributed by atoms with Crippen molar-refractivity contribution < 1.29 is 57.7 Å². The van der Waals surface area contributed by atoms with E-state index in [1.54, 1.807) is 0 Å². The van der Waals surface area contributed by atoms with E-state index in [0.29, 0.717) is 23.9 Å². The average molecular weight is 1040 g/mol. The van der Waals surface area contributed by atoms with Gasteiger partial charge in [-0.3, -0.25) is 9.36 Å². The smallest absolute Gasteiger partial charge is 0.268 e. The van der Waals surface area contributed by atoms with Crippen LogP contribution in [0.4, 0.5) is 0 Å². The molecular weight excluding hydrogens is 920 g/mol. The number of nitrogens with one attached hydrogen (secondary N) is 1. The Hall–Kier alpha value is -0.700. The van der Waals surface area contributed by atoms with Gasteiger partial charge in [0.05, 0.1) is 46.5 Å². The Balaban J connectivity index is 2.49. The molecule has 0 aromatic carbocycles. The normalized spacial score (nSPS) is 20.3. The molecule has 71 heavy (non-hydrogen) atoms. The van der Waals surface area contributed by atoms with Crippen LogP contribution in [-0.2, 0) is 27.9 Å². The lowest BCUT2D eigenvalue weighted by atomic mass is 9.99. The van der Waals surface area contributed by atoms with Gasteiger partial charge in [0, 0.05) is 6.42 Å². The van der Waals surface area contributed by atoms with Gasteiger partial charge in [0.2, 0.25) is 5.91 Å². The van der Waals surface area contributed by atoms with Crippen molar-refractivity contribution in [2.45, 2.75) is 314 Å². The second-order valence-corrected chi connectivity index (χ2v) is 23.9. The maximum absolute atomic E-state index is 13.2. The van der Waals surface area contributed by atoms with Gasteiger partial charge in [-0.05, 0) is 12.8 Å². The quantitative estimate of drug-likeness (QED) is 0.0222. The minimum Gasteiger partial charge on any atom is -0.756 e. The van der Waals surface area contributed by atoms with Gasteiger partial charge in [0.1, 0.15) is 37.6 Å². The van der Waals surface area contributed by atoms with Gasteiger partial charge < -0.3 is 53.6 Å². The van der Waals surface area contributed by atoms with Crippen LogP contribution in [0.1, 0.15) is 271 Å². The summed E-state index contributed by atoms with van der Waals surface area (Å²) in [5.41, 5.74) is 0. The first-order valence-corrected chi connectivity index (χ1v) is 31.4. The highest BCUT2D eigenvalue weighted by molar-refractivity contribution is 7.45. The third-order valence-corrected chi connectivity index (χ3v) is 15.4. The van der Waals surface area contributed by atoms with E-state index < -0.39 is 57.3 Å². The lowest BCUT2D eigenvalue weighted by Crippen LogP contribution is -2.60. The van der Waals surface area contributed by atoms with Crippen molar-refractivity contribution in [3.63, 3.8) is 0 Å². The summed E-state index contributed by atoms with van der Waals surface area (Å²) < 4.78 is 34.5. The van der Waals surface area contributed by atoms with E-state index in [4.69, 9.17) is 18.5 Å². The molecule has 0 radical (unpaired) electrons. The van der Waals surface area contributed by atoms with Gasteiger partial charge in [0.15, 0.2) is 6.29 Å². The number of carbonyl (C=O) groups is 1. The number of quaternary nitrogens is 1. The molecule has 0 bridgehead atoms. The van der Waals surface area contributed by atoms with Crippen molar-refractivity contribution >= 4 is 13.7 Å². The summed E-state index contributed by atoms with van der Waals surface area (Å²) in [6, 6.07) is -0.815. The summed E-state index contributed by atoms with van der Waals surface area (Å²) in [7, 11) is 0.898. The van der Waals surface area contributed by atoms with Crippen molar-refractivity contribution in [3.8, 4) is 0 Å². The lowest BCUT2D eigenvalue weighted by molar-refractivity contribution is -0.870. The van der Waals surface area contributed by atoms with Crippen LogP contribution in [0.25, 0.3) is 0 Å². The number of unbranched alkanes of at least 4 members (excludes halogenated alkanes) is 36. The molecule has 1 heterocycles. The van der Waals surface area contributed by atoms with Crippen molar-refractivity contribution in [1.82, 2.24) is 5.32 Å². The first kappa shape index (κ1) is 68.3. The number of ether oxygens (including phenoxy) is 2. The van der Waals surface area contributed by atoms with Crippen molar-refractivity contribution in [3.05, 3.63) is 0 Å². The van der Waals surface area contributed by atoms with Crippen LogP contribution in [0.3, 0.4) is 0 Å².